The van der Waals surface area contributed by atoms with E-state index in [2.05, 4.69) is 0 Å². The zero-order valence-electron chi connectivity index (χ0n) is 9.97. The second kappa shape index (κ2) is 5.03. The molecule has 1 rings (SSSR count). The van der Waals surface area contributed by atoms with Gasteiger partial charge in [-0.1, -0.05) is 6.07 Å². The number of rotatable bonds is 4. The third-order valence-corrected chi connectivity index (χ3v) is 3.67. The number of methoxy groups -OCH3 is 1. The summed E-state index contributed by atoms with van der Waals surface area (Å²) in [6, 6.07) is 2.85. The summed E-state index contributed by atoms with van der Waals surface area (Å²) in [5, 5.41) is 9.69. The summed E-state index contributed by atoms with van der Waals surface area (Å²) in [6.45, 7) is 3.30. The van der Waals surface area contributed by atoms with Crippen LogP contribution in [0, 0.1) is 6.92 Å². The molecule has 6 heteroatoms. The molecule has 0 aliphatic rings. The van der Waals surface area contributed by atoms with Crippen molar-refractivity contribution in [3.8, 4) is 5.75 Å². The monoisotopic (exact) mass is 260 g/mol. The number of hydrogen-bond donors (Lipinski definition) is 2. The van der Waals surface area contributed by atoms with E-state index >= 15 is 0 Å². The van der Waals surface area contributed by atoms with Crippen LogP contribution in [0.5, 0.6) is 5.75 Å². The van der Waals surface area contributed by atoms with E-state index in [1.54, 1.807) is 13.8 Å². The minimum absolute atomic E-state index is 0.160. The molecule has 1 aromatic carbocycles. The van der Waals surface area contributed by atoms with Gasteiger partial charge in [0.25, 0.3) is 10.1 Å². The molecule has 0 bridgehead atoms. The Morgan fingerprint density at radius 2 is 2.00 bits per heavy atom. The van der Waals surface area contributed by atoms with E-state index < -0.39 is 10.1 Å². The Labute approximate surface area is 101 Å². The minimum Gasteiger partial charge on any atom is -0.508 e. The van der Waals surface area contributed by atoms with Crippen molar-refractivity contribution in [1.29, 1.82) is 0 Å². The lowest BCUT2D eigenvalue weighted by atomic mass is 10.0. The molecule has 0 heterocycles. The van der Waals surface area contributed by atoms with Crippen LogP contribution >= 0.6 is 0 Å². The zero-order valence-corrected chi connectivity index (χ0v) is 10.8. The summed E-state index contributed by atoms with van der Waals surface area (Å²) >= 11 is 0. The first-order chi connectivity index (χ1) is 7.77. The van der Waals surface area contributed by atoms with Crippen molar-refractivity contribution < 1.29 is 22.8 Å². The molecular formula is C11H16O5S. The summed E-state index contributed by atoms with van der Waals surface area (Å²) in [7, 11) is -2.87. The average molecular weight is 260 g/mol. The molecule has 96 valence electrons. The Morgan fingerprint density at radius 1 is 1.41 bits per heavy atom. The van der Waals surface area contributed by atoms with Crippen molar-refractivity contribution in [2.45, 2.75) is 31.3 Å². The Kier molecular flexibility index (Phi) is 4.13. The molecule has 0 radical (unpaired) electrons. The standard InChI is InChI=1S/C11H16O5S/c1-7-4-5-10(12)9(6-8(2)16-3)11(7)17(13,14)15/h4-5,8,12H,6H2,1-3H3,(H,13,14,15)/t8-/m0/s1. The lowest BCUT2D eigenvalue weighted by Gasteiger charge is -2.15. The van der Waals surface area contributed by atoms with E-state index in [4.69, 9.17) is 4.74 Å². The van der Waals surface area contributed by atoms with E-state index in [9.17, 15) is 18.1 Å². The lowest BCUT2D eigenvalue weighted by Crippen LogP contribution is -2.13. The maximum Gasteiger partial charge on any atom is 0.295 e. The van der Waals surface area contributed by atoms with E-state index in [0.29, 0.717) is 5.56 Å². The quantitative estimate of drug-likeness (QED) is 0.802. The summed E-state index contributed by atoms with van der Waals surface area (Å²) in [5.41, 5.74) is 0.574. The number of benzene rings is 1. The lowest BCUT2D eigenvalue weighted by molar-refractivity contribution is 0.117. The van der Waals surface area contributed by atoms with Gasteiger partial charge in [0.2, 0.25) is 0 Å². The van der Waals surface area contributed by atoms with Gasteiger partial charge in [-0.2, -0.15) is 8.42 Å². The fourth-order valence-electron chi connectivity index (χ4n) is 1.66. The van der Waals surface area contributed by atoms with Crippen molar-refractivity contribution in [3.63, 3.8) is 0 Å². The van der Waals surface area contributed by atoms with Crippen LogP contribution in [-0.4, -0.2) is 31.3 Å². The molecular weight excluding hydrogens is 244 g/mol. The van der Waals surface area contributed by atoms with Gasteiger partial charge in [0.15, 0.2) is 0 Å². The van der Waals surface area contributed by atoms with Gasteiger partial charge in [-0.15, -0.1) is 0 Å². The van der Waals surface area contributed by atoms with Crippen LogP contribution in [-0.2, 0) is 21.3 Å². The first-order valence-corrected chi connectivity index (χ1v) is 6.53. The van der Waals surface area contributed by atoms with Crippen LogP contribution in [0.15, 0.2) is 17.0 Å². The number of phenolic OH excluding ortho intramolecular Hbond substituents is 1. The first-order valence-electron chi connectivity index (χ1n) is 5.09. The molecule has 2 N–H and O–H groups in total. The second-order valence-corrected chi connectivity index (χ2v) is 5.29. The van der Waals surface area contributed by atoms with Crippen LogP contribution in [0.4, 0.5) is 0 Å². The number of hydrogen-bond acceptors (Lipinski definition) is 4. The van der Waals surface area contributed by atoms with Gasteiger partial charge >= 0.3 is 0 Å². The number of aromatic hydroxyl groups is 1. The first kappa shape index (κ1) is 14.0. The number of aryl methyl sites for hydroxylation is 1. The van der Waals surface area contributed by atoms with Gasteiger partial charge in [0, 0.05) is 19.1 Å². The molecule has 0 saturated heterocycles. The largest absolute Gasteiger partial charge is 0.508 e. The third kappa shape index (κ3) is 3.18. The summed E-state index contributed by atoms with van der Waals surface area (Å²) in [6.07, 6.45) is -0.0534. The topological polar surface area (TPSA) is 83.8 Å². The predicted molar refractivity (Wildman–Crippen MR) is 62.8 cm³/mol. The molecule has 0 spiro atoms. The summed E-state index contributed by atoms with van der Waals surface area (Å²) in [4.78, 5) is -0.235. The van der Waals surface area contributed by atoms with Crippen LogP contribution < -0.4 is 0 Å². The molecule has 0 aromatic heterocycles. The molecule has 0 unspecified atom stereocenters. The summed E-state index contributed by atoms with van der Waals surface area (Å²) < 4.78 is 36.8. The van der Waals surface area contributed by atoms with Crippen LogP contribution in [0.3, 0.4) is 0 Å². The van der Waals surface area contributed by atoms with Gasteiger partial charge in [0.05, 0.1) is 6.10 Å². The zero-order chi connectivity index (χ0) is 13.2. The molecule has 0 aliphatic heterocycles. The van der Waals surface area contributed by atoms with Crippen molar-refractivity contribution in [2.24, 2.45) is 0 Å². The molecule has 17 heavy (non-hydrogen) atoms. The third-order valence-electron chi connectivity index (χ3n) is 2.58. The van der Waals surface area contributed by atoms with Gasteiger partial charge in [-0.3, -0.25) is 4.55 Å². The normalized spacial score (nSPS) is 13.6. The molecule has 0 fully saturated rings. The highest BCUT2D eigenvalue weighted by Crippen LogP contribution is 2.29. The predicted octanol–water partition coefficient (Wildman–Crippen LogP) is 1.52. The Morgan fingerprint density at radius 3 is 2.47 bits per heavy atom. The molecule has 0 saturated carbocycles. The minimum atomic E-state index is -4.36. The fraction of sp³-hybridized carbons (Fsp3) is 0.455. The van der Waals surface area contributed by atoms with Crippen LogP contribution in [0.2, 0.25) is 0 Å². The Balaban J connectivity index is 3.41. The van der Waals surface area contributed by atoms with Crippen molar-refractivity contribution >= 4 is 10.1 Å². The number of ether oxygens (including phenoxy) is 1. The molecule has 1 aromatic rings. The molecule has 0 amide bonds. The maximum atomic E-state index is 11.3. The van der Waals surface area contributed by atoms with Crippen molar-refractivity contribution in [3.05, 3.63) is 23.3 Å². The van der Waals surface area contributed by atoms with Crippen LogP contribution in [0.25, 0.3) is 0 Å². The SMILES string of the molecule is CO[C@@H](C)Cc1c(O)ccc(C)c1S(=O)(=O)O. The highest BCUT2D eigenvalue weighted by molar-refractivity contribution is 7.86. The highest BCUT2D eigenvalue weighted by atomic mass is 32.2. The summed E-state index contributed by atoms with van der Waals surface area (Å²) in [5.74, 6) is -0.160. The molecule has 0 aliphatic carbocycles. The van der Waals surface area contributed by atoms with Gasteiger partial charge in [-0.25, -0.2) is 0 Å². The van der Waals surface area contributed by atoms with Gasteiger partial charge in [0.1, 0.15) is 10.6 Å². The second-order valence-electron chi connectivity index (χ2n) is 3.93. The highest BCUT2D eigenvalue weighted by Gasteiger charge is 2.22. The Bertz CT molecular complexity index is 507. The average Bonchev–Trinajstić information content (AvgIpc) is 2.21. The number of phenols is 1. The van der Waals surface area contributed by atoms with Crippen molar-refractivity contribution in [2.75, 3.05) is 7.11 Å². The van der Waals surface area contributed by atoms with E-state index in [-0.39, 0.29) is 28.7 Å². The van der Waals surface area contributed by atoms with Gasteiger partial charge < -0.3 is 9.84 Å². The Hall–Kier alpha value is -1.11. The fourth-order valence-corrected chi connectivity index (χ4v) is 2.64. The molecule has 5 nitrogen and oxygen atoms in total. The van der Waals surface area contributed by atoms with E-state index in [0.717, 1.165) is 0 Å². The maximum absolute atomic E-state index is 11.3. The smallest absolute Gasteiger partial charge is 0.295 e. The van der Waals surface area contributed by atoms with Crippen molar-refractivity contribution in [1.82, 2.24) is 0 Å². The van der Waals surface area contributed by atoms with Crippen LogP contribution in [0.1, 0.15) is 18.1 Å². The van der Waals surface area contributed by atoms with E-state index in [1.807, 2.05) is 0 Å². The molecule has 1 atom stereocenters. The van der Waals surface area contributed by atoms with E-state index in [1.165, 1.54) is 19.2 Å². The van der Waals surface area contributed by atoms with Gasteiger partial charge in [-0.05, 0) is 25.5 Å².